The Morgan fingerprint density at radius 1 is 1.24 bits per heavy atom. The number of rotatable bonds is 10. The van der Waals surface area contributed by atoms with Gasteiger partial charge in [-0.1, -0.05) is 37.3 Å². The largest absolute Gasteiger partial charge is 0.465 e. The molecule has 1 rings (SSSR count). The number of esters is 1. The van der Waals surface area contributed by atoms with E-state index in [9.17, 15) is 14.4 Å². The molecule has 1 aromatic carbocycles. The van der Waals surface area contributed by atoms with Gasteiger partial charge in [0, 0.05) is 25.2 Å². The predicted octanol–water partition coefficient (Wildman–Crippen LogP) is 2.59. The van der Waals surface area contributed by atoms with Crippen LogP contribution < -0.4 is 0 Å². The summed E-state index contributed by atoms with van der Waals surface area (Å²) < 4.78 is 5.19. The average Bonchev–Trinajstić information content (AvgIpc) is 2.49. The molecule has 1 aromatic rings. The highest BCUT2D eigenvalue weighted by Gasteiger charge is 2.22. The van der Waals surface area contributed by atoms with Crippen molar-refractivity contribution in [2.75, 3.05) is 6.61 Å². The predicted molar refractivity (Wildman–Crippen MR) is 79.7 cm³/mol. The molecular weight excluding hydrogens is 268 g/mol. The van der Waals surface area contributed by atoms with E-state index in [-0.39, 0.29) is 30.6 Å². The monoisotopic (exact) mass is 290 g/mol. The van der Waals surface area contributed by atoms with Crippen LogP contribution in [0.2, 0.25) is 0 Å². The number of benzene rings is 1. The first-order valence-electron chi connectivity index (χ1n) is 7.29. The topological polar surface area (TPSA) is 60.4 Å². The van der Waals surface area contributed by atoms with E-state index >= 15 is 0 Å². The summed E-state index contributed by atoms with van der Waals surface area (Å²) in [5.74, 6) is -0.871. The molecule has 0 fully saturated rings. The minimum absolute atomic E-state index is 0.116. The smallest absolute Gasteiger partial charge is 0.306 e. The van der Waals surface area contributed by atoms with Crippen molar-refractivity contribution in [1.29, 1.82) is 0 Å². The number of ether oxygens (including phenoxy) is 1. The second-order valence-corrected chi connectivity index (χ2v) is 5.03. The van der Waals surface area contributed by atoms with Crippen LogP contribution in [0.5, 0.6) is 0 Å². The van der Waals surface area contributed by atoms with E-state index in [2.05, 4.69) is 0 Å². The highest BCUT2D eigenvalue weighted by Crippen LogP contribution is 2.21. The Morgan fingerprint density at radius 3 is 2.52 bits per heavy atom. The summed E-state index contributed by atoms with van der Waals surface area (Å²) in [6.45, 7) is 2.19. The van der Waals surface area contributed by atoms with Gasteiger partial charge >= 0.3 is 5.97 Å². The number of hydrogen-bond acceptors (Lipinski definition) is 4. The van der Waals surface area contributed by atoms with E-state index in [1.807, 2.05) is 37.3 Å². The summed E-state index contributed by atoms with van der Waals surface area (Å²) in [4.78, 5) is 33.4. The summed E-state index contributed by atoms with van der Waals surface area (Å²) in [5.41, 5.74) is 1.11. The van der Waals surface area contributed by atoms with Crippen molar-refractivity contribution in [2.24, 2.45) is 11.8 Å². The van der Waals surface area contributed by atoms with Gasteiger partial charge in [-0.25, -0.2) is 0 Å². The molecule has 0 aromatic heterocycles. The van der Waals surface area contributed by atoms with Crippen molar-refractivity contribution in [3.05, 3.63) is 35.9 Å². The molecule has 0 N–H and O–H groups in total. The van der Waals surface area contributed by atoms with Crippen molar-refractivity contribution in [1.82, 2.24) is 0 Å². The molecule has 21 heavy (non-hydrogen) atoms. The Labute approximate surface area is 125 Å². The van der Waals surface area contributed by atoms with Gasteiger partial charge in [0.25, 0.3) is 0 Å². The van der Waals surface area contributed by atoms with Gasteiger partial charge in [0.2, 0.25) is 0 Å². The average molecular weight is 290 g/mol. The summed E-state index contributed by atoms with van der Waals surface area (Å²) in [7, 11) is 0. The first-order chi connectivity index (χ1) is 10.2. The summed E-state index contributed by atoms with van der Waals surface area (Å²) in [5, 5.41) is 0. The SMILES string of the molecule is CCC(C=O)[C@@H](CC=O)CC(=O)OCCc1ccccc1. The molecule has 0 radical (unpaired) electrons. The minimum atomic E-state index is -0.349. The molecule has 2 atom stereocenters. The molecule has 0 aliphatic carbocycles. The summed E-state index contributed by atoms with van der Waals surface area (Å²) >= 11 is 0. The zero-order valence-electron chi connectivity index (χ0n) is 12.4. The summed E-state index contributed by atoms with van der Waals surface area (Å²) in [6, 6.07) is 9.76. The van der Waals surface area contributed by atoms with Gasteiger partial charge in [-0.3, -0.25) is 4.79 Å². The van der Waals surface area contributed by atoms with Gasteiger partial charge in [0.1, 0.15) is 12.6 Å². The lowest BCUT2D eigenvalue weighted by atomic mass is 9.86. The minimum Gasteiger partial charge on any atom is -0.465 e. The van der Waals surface area contributed by atoms with Crippen LogP contribution in [0.1, 0.15) is 31.7 Å². The van der Waals surface area contributed by atoms with E-state index in [1.54, 1.807) is 0 Å². The van der Waals surface area contributed by atoms with Crippen LogP contribution in [0, 0.1) is 11.8 Å². The Bertz CT molecular complexity index is 441. The molecule has 0 aliphatic heterocycles. The van der Waals surface area contributed by atoms with E-state index < -0.39 is 0 Å². The number of aldehydes is 2. The van der Waals surface area contributed by atoms with Gasteiger partial charge < -0.3 is 14.3 Å². The molecule has 0 amide bonds. The van der Waals surface area contributed by atoms with Crippen LogP contribution in [0.15, 0.2) is 30.3 Å². The van der Waals surface area contributed by atoms with Gasteiger partial charge in [-0.05, 0) is 17.9 Å². The molecule has 0 aliphatic rings. The molecule has 0 bridgehead atoms. The fraction of sp³-hybridized carbons (Fsp3) is 0.471. The van der Waals surface area contributed by atoms with Crippen LogP contribution in [0.3, 0.4) is 0 Å². The molecule has 0 saturated carbocycles. The lowest BCUT2D eigenvalue weighted by molar-refractivity contribution is -0.145. The Hall–Kier alpha value is -1.97. The Morgan fingerprint density at radius 2 is 1.95 bits per heavy atom. The summed E-state index contributed by atoms with van der Waals surface area (Å²) in [6.07, 6.45) is 3.20. The number of hydrogen-bond donors (Lipinski definition) is 0. The van der Waals surface area contributed by atoms with Crippen molar-refractivity contribution < 1.29 is 19.1 Å². The first-order valence-corrected chi connectivity index (χ1v) is 7.29. The molecule has 4 heteroatoms. The van der Waals surface area contributed by atoms with Crippen LogP contribution in [0.25, 0.3) is 0 Å². The highest BCUT2D eigenvalue weighted by atomic mass is 16.5. The van der Waals surface area contributed by atoms with Gasteiger partial charge in [-0.2, -0.15) is 0 Å². The van der Waals surface area contributed by atoms with Crippen molar-refractivity contribution in [2.45, 2.75) is 32.6 Å². The van der Waals surface area contributed by atoms with Crippen molar-refractivity contribution in [3.63, 3.8) is 0 Å². The molecule has 0 saturated heterocycles. The lowest BCUT2D eigenvalue weighted by Gasteiger charge is -2.18. The van der Waals surface area contributed by atoms with Crippen molar-refractivity contribution >= 4 is 18.5 Å². The van der Waals surface area contributed by atoms with Gasteiger partial charge in [-0.15, -0.1) is 0 Å². The zero-order valence-corrected chi connectivity index (χ0v) is 12.4. The molecule has 4 nitrogen and oxygen atoms in total. The van der Waals surface area contributed by atoms with Crippen LogP contribution in [-0.2, 0) is 25.5 Å². The van der Waals surface area contributed by atoms with Crippen LogP contribution in [-0.4, -0.2) is 25.1 Å². The van der Waals surface area contributed by atoms with Gasteiger partial charge in [0.05, 0.1) is 6.61 Å². The third kappa shape index (κ3) is 6.34. The molecule has 0 spiro atoms. The van der Waals surface area contributed by atoms with E-state index in [1.165, 1.54) is 0 Å². The fourth-order valence-electron chi connectivity index (χ4n) is 2.27. The molecule has 1 unspecified atom stereocenters. The van der Waals surface area contributed by atoms with Crippen LogP contribution in [0.4, 0.5) is 0 Å². The lowest BCUT2D eigenvalue weighted by Crippen LogP contribution is -2.21. The molecule has 0 heterocycles. The maximum atomic E-state index is 11.8. The standard InChI is InChI=1S/C17H22O4/c1-2-15(13-19)16(8-10-18)12-17(20)21-11-9-14-6-4-3-5-7-14/h3-7,10,13,15-16H,2,8-9,11-12H2,1H3/t15?,16-/m0/s1. The van der Waals surface area contributed by atoms with Crippen molar-refractivity contribution in [3.8, 4) is 0 Å². The van der Waals surface area contributed by atoms with Gasteiger partial charge in [0.15, 0.2) is 0 Å². The Balaban J connectivity index is 2.39. The molecule has 114 valence electrons. The third-order valence-corrected chi connectivity index (χ3v) is 3.58. The fourth-order valence-corrected chi connectivity index (χ4v) is 2.27. The highest BCUT2D eigenvalue weighted by molar-refractivity contribution is 5.71. The second kappa shape index (κ2) is 9.86. The van der Waals surface area contributed by atoms with E-state index in [0.29, 0.717) is 19.4 Å². The first kappa shape index (κ1) is 17.1. The molecular formula is C17H22O4. The van der Waals surface area contributed by atoms with E-state index in [4.69, 9.17) is 4.74 Å². The Kier molecular flexibility index (Phi) is 8.02. The maximum absolute atomic E-state index is 11.8. The normalized spacial score (nSPS) is 13.2. The van der Waals surface area contributed by atoms with E-state index in [0.717, 1.165) is 18.1 Å². The quantitative estimate of drug-likeness (QED) is 0.491. The third-order valence-electron chi connectivity index (χ3n) is 3.58. The maximum Gasteiger partial charge on any atom is 0.306 e. The van der Waals surface area contributed by atoms with Crippen LogP contribution >= 0.6 is 0 Å². The number of carbonyl (C=O) groups excluding carboxylic acids is 3. The zero-order chi connectivity index (χ0) is 15.5. The number of carbonyl (C=O) groups is 3. The second-order valence-electron chi connectivity index (χ2n) is 5.03.